The van der Waals surface area contributed by atoms with E-state index < -0.39 is 5.91 Å². The summed E-state index contributed by atoms with van der Waals surface area (Å²) in [5.41, 5.74) is 13.0. The van der Waals surface area contributed by atoms with Crippen molar-refractivity contribution in [2.75, 3.05) is 31.3 Å². The predicted octanol–water partition coefficient (Wildman–Crippen LogP) is 0.417. The number of nitrogens with zero attached hydrogens (tertiary/aromatic N) is 3. The normalized spacial score (nSPS) is 11.5. The number of nitrogens with one attached hydrogen (secondary N) is 1. The lowest BCUT2D eigenvalue weighted by Crippen LogP contribution is -2.17. The molecule has 136 valence electrons. The zero-order valence-electron chi connectivity index (χ0n) is 14.2. The Labute approximate surface area is 150 Å². The highest BCUT2D eigenvalue weighted by molar-refractivity contribution is 6.24. The number of methoxy groups -OCH3 is 1. The van der Waals surface area contributed by atoms with Crippen LogP contribution in [0.4, 0.5) is 11.4 Å². The lowest BCUT2D eigenvalue weighted by atomic mass is 10.1. The molecule has 9 nitrogen and oxygen atoms in total. The van der Waals surface area contributed by atoms with Gasteiger partial charge in [-0.1, -0.05) is 0 Å². The van der Waals surface area contributed by atoms with Gasteiger partial charge in [0, 0.05) is 42.1 Å². The first-order valence-electron chi connectivity index (χ1n) is 7.69. The Morgan fingerprint density at radius 1 is 1.38 bits per heavy atom. The second-order valence-corrected chi connectivity index (χ2v) is 5.05. The first-order chi connectivity index (χ1) is 12.6. The van der Waals surface area contributed by atoms with E-state index in [1.54, 1.807) is 18.2 Å². The zero-order valence-corrected chi connectivity index (χ0v) is 14.2. The van der Waals surface area contributed by atoms with Gasteiger partial charge < -0.3 is 26.6 Å². The van der Waals surface area contributed by atoms with Crippen LogP contribution in [-0.2, 0) is 4.79 Å². The van der Waals surface area contributed by atoms with Crippen LogP contribution >= 0.6 is 0 Å². The lowest BCUT2D eigenvalue weighted by Gasteiger charge is -2.13. The van der Waals surface area contributed by atoms with Crippen LogP contribution in [0.25, 0.3) is 5.57 Å². The van der Waals surface area contributed by atoms with Crippen molar-refractivity contribution >= 4 is 29.1 Å². The third-order valence-electron chi connectivity index (χ3n) is 3.33. The molecule has 0 spiro atoms. The Morgan fingerprint density at radius 2 is 2.12 bits per heavy atom. The molecule has 2 rings (SSSR count). The van der Waals surface area contributed by atoms with Crippen molar-refractivity contribution < 1.29 is 14.6 Å². The summed E-state index contributed by atoms with van der Waals surface area (Å²) < 4.78 is 5.27. The number of carbonyl (C=O) groups excluding carboxylic acids is 1. The molecule has 0 radical (unpaired) electrons. The van der Waals surface area contributed by atoms with Crippen molar-refractivity contribution in [1.29, 1.82) is 0 Å². The van der Waals surface area contributed by atoms with E-state index in [2.05, 4.69) is 20.3 Å². The second-order valence-electron chi connectivity index (χ2n) is 5.05. The fraction of sp³-hybridized carbons (Fsp3) is 0.176. The van der Waals surface area contributed by atoms with Gasteiger partial charge in [0.05, 0.1) is 31.5 Å². The topological polar surface area (TPSA) is 149 Å². The Bertz CT molecular complexity index is 821. The van der Waals surface area contributed by atoms with E-state index in [0.29, 0.717) is 22.7 Å². The molecule has 0 unspecified atom stereocenters. The number of aliphatic hydroxyl groups is 1. The lowest BCUT2D eigenvalue weighted by molar-refractivity contribution is -0.111. The van der Waals surface area contributed by atoms with Crippen LogP contribution in [0, 0.1) is 0 Å². The summed E-state index contributed by atoms with van der Waals surface area (Å²) in [5, 5.41) is 11.5. The largest absolute Gasteiger partial charge is 0.494 e. The Balaban J connectivity index is 2.32. The Morgan fingerprint density at radius 3 is 2.73 bits per heavy atom. The number of aliphatic hydroxyl groups excluding tert-OH is 1. The minimum absolute atomic E-state index is 0.0715. The maximum absolute atomic E-state index is 12.6. The smallest absolute Gasteiger partial charge is 0.261 e. The van der Waals surface area contributed by atoms with E-state index in [9.17, 15) is 4.79 Å². The summed E-state index contributed by atoms with van der Waals surface area (Å²) in [6.07, 6.45) is 5.68. The van der Waals surface area contributed by atoms with Gasteiger partial charge in [-0.05, 0) is 12.1 Å². The molecule has 0 saturated heterocycles. The van der Waals surface area contributed by atoms with Crippen LogP contribution < -0.4 is 21.5 Å². The molecule has 1 aromatic heterocycles. The van der Waals surface area contributed by atoms with Crippen molar-refractivity contribution in [3.05, 3.63) is 48.2 Å². The van der Waals surface area contributed by atoms with Crippen molar-refractivity contribution in [1.82, 2.24) is 9.97 Å². The quantitative estimate of drug-likeness (QED) is 0.319. The van der Waals surface area contributed by atoms with E-state index in [4.69, 9.17) is 21.3 Å². The van der Waals surface area contributed by atoms with Crippen LogP contribution in [0.5, 0.6) is 5.75 Å². The number of aromatic nitrogens is 2. The summed E-state index contributed by atoms with van der Waals surface area (Å²) in [6.45, 7) is 0.177. The summed E-state index contributed by atoms with van der Waals surface area (Å²) in [7, 11) is 1.46. The van der Waals surface area contributed by atoms with E-state index in [1.165, 1.54) is 25.7 Å². The monoisotopic (exact) mass is 356 g/mol. The van der Waals surface area contributed by atoms with Gasteiger partial charge in [0.2, 0.25) is 0 Å². The Hall–Kier alpha value is -3.46. The average Bonchev–Trinajstić information content (AvgIpc) is 2.65. The van der Waals surface area contributed by atoms with Gasteiger partial charge in [-0.2, -0.15) is 0 Å². The highest BCUT2D eigenvalue weighted by Crippen LogP contribution is 2.30. The molecule has 2 aromatic rings. The number of nitrogen functional groups attached to an aromatic ring is 1. The summed E-state index contributed by atoms with van der Waals surface area (Å²) >= 11 is 0. The molecule has 9 heteroatoms. The molecule has 6 N–H and O–H groups in total. The molecule has 0 aliphatic rings. The number of rotatable bonds is 7. The van der Waals surface area contributed by atoms with Gasteiger partial charge in [0.1, 0.15) is 5.75 Å². The van der Waals surface area contributed by atoms with Crippen molar-refractivity contribution in [2.24, 2.45) is 10.7 Å². The number of benzene rings is 1. The SMILES string of the molecule is COc1cc(N)c(C=NCCO)cc1NC(=O)/C(=C/N)c1ncccn1. The van der Waals surface area contributed by atoms with E-state index >= 15 is 0 Å². The highest BCUT2D eigenvalue weighted by Gasteiger charge is 2.17. The van der Waals surface area contributed by atoms with E-state index in [1.807, 2.05) is 0 Å². The Kier molecular flexibility index (Phi) is 6.63. The van der Waals surface area contributed by atoms with Gasteiger partial charge in [0.15, 0.2) is 5.82 Å². The number of carbonyl (C=O) groups is 1. The van der Waals surface area contributed by atoms with Gasteiger partial charge in [-0.3, -0.25) is 9.79 Å². The van der Waals surface area contributed by atoms with Crippen molar-refractivity contribution in [3.63, 3.8) is 0 Å². The van der Waals surface area contributed by atoms with Crippen LogP contribution in [0.2, 0.25) is 0 Å². The third-order valence-corrected chi connectivity index (χ3v) is 3.33. The van der Waals surface area contributed by atoms with E-state index in [0.717, 1.165) is 6.20 Å². The summed E-state index contributed by atoms with van der Waals surface area (Å²) in [5.74, 6) is 0.0761. The molecule has 0 atom stereocenters. The van der Waals surface area contributed by atoms with Crippen LogP contribution in [0.3, 0.4) is 0 Å². The molecular weight excluding hydrogens is 336 g/mol. The first-order valence-corrected chi connectivity index (χ1v) is 7.69. The summed E-state index contributed by atoms with van der Waals surface area (Å²) in [4.78, 5) is 24.7. The first kappa shape index (κ1) is 18.9. The number of hydrogen-bond acceptors (Lipinski definition) is 8. The molecule has 0 aliphatic heterocycles. The second kappa shape index (κ2) is 9.14. The third kappa shape index (κ3) is 4.54. The van der Waals surface area contributed by atoms with Crippen molar-refractivity contribution in [2.45, 2.75) is 0 Å². The van der Waals surface area contributed by atoms with Gasteiger partial charge in [0.25, 0.3) is 5.91 Å². The van der Waals surface area contributed by atoms with Gasteiger partial charge in [-0.15, -0.1) is 0 Å². The standard InChI is InChI=1S/C17H20N6O3/c1-26-15-8-13(19)11(10-20-5-6-24)7-14(15)23-17(25)12(9-18)16-21-3-2-4-22-16/h2-4,7-10,24H,5-6,18-19H2,1H3,(H,23,25)/b12-9+,20-10?. The molecule has 1 amide bonds. The molecular formula is C17H20N6O3. The molecule has 0 aliphatic carbocycles. The molecule has 1 aromatic carbocycles. The summed E-state index contributed by atoms with van der Waals surface area (Å²) in [6, 6.07) is 4.82. The molecule has 0 fully saturated rings. The van der Waals surface area contributed by atoms with Crippen LogP contribution in [-0.4, -0.2) is 47.5 Å². The highest BCUT2D eigenvalue weighted by atomic mass is 16.5. The number of anilines is 2. The van der Waals surface area contributed by atoms with Crippen LogP contribution in [0.1, 0.15) is 11.4 Å². The predicted molar refractivity (Wildman–Crippen MR) is 99.8 cm³/mol. The maximum atomic E-state index is 12.6. The van der Waals surface area contributed by atoms with E-state index in [-0.39, 0.29) is 24.5 Å². The van der Waals surface area contributed by atoms with Gasteiger partial charge in [-0.25, -0.2) is 9.97 Å². The fourth-order valence-electron chi connectivity index (χ4n) is 2.09. The number of hydrogen-bond donors (Lipinski definition) is 4. The molecule has 1 heterocycles. The van der Waals surface area contributed by atoms with Crippen LogP contribution in [0.15, 0.2) is 41.8 Å². The number of nitrogens with two attached hydrogens (primary N) is 2. The molecule has 26 heavy (non-hydrogen) atoms. The van der Waals surface area contributed by atoms with Crippen molar-refractivity contribution in [3.8, 4) is 5.75 Å². The zero-order chi connectivity index (χ0) is 18.9. The minimum Gasteiger partial charge on any atom is -0.494 e. The number of aliphatic imine (C=N–C) groups is 1. The van der Waals surface area contributed by atoms with Gasteiger partial charge >= 0.3 is 0 Å². The number of ether oxygens (including phenoxy) is 1. The average molecular weight is 356 g/mol. The fourth-order valence-corrected chi connectivity index (χ4v) is 2.09. The minimum atomic E-state index is -0.500. The number of amides is 1. The molecule has 0 saturated carbocycles. The molecule has 0 bridgehead atoms. The maximum Gasteiger partial charge on any atom is 0.261 e.